The van der Waals surface area contributed by atoms with Gasteiger partial charge in [0.05, 0.1) is 0 Å². The number of alkyl halides is 13. The molecule has 0 rings (SSSR count). The average molecular weight is 529 g/mol. The van der Waals surface area contributed by atoms with Gasteiger partial charge in [-0.3, -0.25) is 0 Å². The van der Waals surface area contributed by atoms with Crippen LogP contribution in [0, 0.1) is 10.4 Å². The van der Waals surface area contributed by atoms with E-state index >= 15 is 0 Å². The Labute approximate surface area is 170 Å². The summed E-state index contributed by atoms with van der Waals surface area (Å²) < 4.78 is 192. The first-order valence-corrected chi connectivity index (χ1v) is 8.97. The predicted octanol–water partition coefficient (Wildman–Crippen LogP) is 3.18. The van der Waals surface area contributed by atoms with Gasteiger partial charge in [-0.05, 0) is 20.5 Å². The third-order valence-electron chi connectivity index (χ3n) is 3.78. The smallest absolute Gasteiger partial charge is 0.460 e. The van der Waals surface area contributed by atoms with Crippen LogP contribution in [0.25, 0.3) is 0 Å². The molecular weight excluding hydrogens is 517 g/mol. The molecule has 7 nitrogen and oxygen atoms in total. The third kappa shape index (κ3) is 4.86. The highest BCUT2D eigenvalue weighted by Crippen LogP contribution is 2.60. The van der Waals surface area contributed by atoms with Crippen LogP contribution in [0.15, 0.2) is 0 Å². The van der Waals surface area contributed by atoms with Crippen LogP contribution in [-0.2, 0) is 10.0 Å². The molecule has 32 heavy (non-hydrogen) atoms. The van der Waals surface area contributed by atoms with E-state index in [4.69, 9.17) is 0 Å². The minimum absolute atomic E-state index is 0.192. The largest absolute Gasteiger partial charge is 0.784 e. The number of rotatable bonds is 11. The molecule has 0 bridgehead atoms. The Balaban J connectivity index is 6.11. The van der Waals surface area contributed by atoms with Crippen molar-refractivity contribution in [3.63, 3.8) is 0 Å². The number of hydrogen-bond donors (Lipinski definition) is 1. The Hall–Kier alpha value is -1.16. The normalized spacial score (nSPS) is 15.9. The monoisotopic (exact) mass is 529 g/mol. The highest BCUT2D eigenvalue weighted by molar-refractivity contribution is 7.90. The van der Waals surface area contributed by atoms with Gasteiger partial charge in [-0.2, -0.15) is 57.1 Å². The van der Waals surface area contributed by atoms with Gasteiger partial charge in [-0.1, -0.05) is 0 Å². The fourth-order valence-corrected chi connectivity index (χ4v) is 2.96. The number of sulfonamides is 1. The Morgan fingerprint density at radius 3 is 1.38 bits per heavy atom. The van der Waals surface area contributed by atoms with Crippen molar-refractivity contribution in [1.82, 2.24) is 14.8 Å². The lowest BCUT2D eigenvalue weighted by molar-refractivity contribution is -0.433. The molecule has 1 N–H and O–H groups in total. The van der Waals surface area contributed by atoms with Crippen LogP contribution in [0.1, 0.15) is 6.42 Å². The van der Waals surface area contributed by atoms with Crippen molar-refractivity contribution in [2.24, 2.45) is 0 Å². The quantitative estimate of drug-likeness (QED) is 0.251. The van der Waals surface area contributed by atoms with E-state index in [2.05, 4.69) is 0 Å². The van der Waals surface area contributed by atoms with Gasteiger partial charge in [0, 0.05) is 12.7 Å². The Bertz CT molecular complexity index is 747. The number of hydroxylamine groups is 4. The molecule has 0 spiro atoms. The van der Waals surface area contributed by atoms with Crippen molar-refractivity contribution in [3.05, 3.63) is 10.4 Å². The molecule has 0 saturated carbocycles. The second-order valence-electron chi connectivity index (χ2n) is 6.07. The molecule has 0 radical (unpaired) electrons. The summed E-state index contributed by atoms with van der Waals surface area (Å²) in [6.45, 7) is -1.56. The van der Waals surface area contributed by atoms with E-state index < -0.39 is 64.3 Å². The van der Waals surface area contributed by atoms with Crippen molar-refractivity contribution in [2.75, 3.05) is 20.6 Å². The van der Waals surface area contributed by atoms with Crippen molar-refractivity contribution in [3.8, 4) is 0 Å². The molecule has 0 aromatic heterocycles. The Morgan fingerprint density at radius 1 is 0.719 bits per heavy atom. The van der Waals surface area contributed by atoms with E-state index in [0.717, 1.165) is 0 Å². The first-order valence-electron chi connectivity index (χ1n) is 7.49. The van der Waals surface area contributed by atoms with Gasteiger partial charge >= 0.3 is 35.1 Å². The molecule has 0 aliphatic heterocycles. The number of nitrogens with one attached hydrogen (secondary N) is 1. The second kappa shape index (κ2) is 8.89. The summed E-state index contributed by atoms with van der Waals surface area (Å²) in [6.07, 6.45) is -10.6. The van der Waals surface area contributed by atoms with Gasteiger partial charge in [0.25, 0.3) is 10.0 Å². The zero-order valence-electron chi connectivity index (χ0n) is 15.3. The summed E-state index contributed by atoms with van der Waals surface area (Å²) in [7, 11) is -5.90. The van der Waals surface area contributed by atoms with E-state index in [-0.39, 0.29) is 10.1 Å². The van der Waals surface area contributed by atoms with Gasteiger partial charge in [-0.15, -0.1) is 0 Å². The number of nitrogens with zero attached hydrogens (tertiary/aromatic N) is 2. The molecule has 0 aliphatic rings. The van der Waals surface area contributed by atoms with Gasteiger partial charge in [-0.25, -0.2) is 13.1 Å². The first-order chi connectivity index (χ1) is 13.7. The predicted molar refractivity (Wildman–Crippen MR) is 78.4 cm³/mol. The molecule has 0 aromatic carbocycles. The highest BCUT2D eigenvalue weighted by Gasteiger charge is 2.92. The summed E-state index contributed by atoms with van der Waals surface area (Å²) in [5.74, 6) is -32.6. The van der Waals surface area contributed by atoms with Crippen molar-refractivity contribution >= 4 is 10.0 Å². The lowest BCUT2D eigenvalue weighted by Crippen LogP contribution is -2.71. The van der Waals surface area contributed by atoms with E-state index in [1.54, 1.807) is 0 Å². The molecule has 21 heteroatoms. The maximum Gasteiger partial charge on any atom is 0.460 e. The van der Waals surface area contributed by atoms with Crippen molar-refractivity contribution in [1.29, 1.82) is 0 Å². The second-order valence-corrected chi connectivity index (χ2v) is 7.88. The molecule has 0 heterocycles. The molecule has 0 atom stereocenters. The summed E-state index contributed by atoms with van der Waals surface area (Å²) >= 11 is 0. The zero-order valence-corrected chi connectivity index (χ0v) is 16.2. The number of halogens is 13. The fourth-order valence-electron chi connectivity index (χ4n) is 1.93. The molecule has 0 aliphatic carbocycles. The SMILES string of the molecule is CN([O-])C(CCNS(=O)(=O)C(F)(F)C(F)(F)C(F)(F)C(F)(F)C(F)(F)C(F)(F)F)N(C)[O-]. The molecule has 0 unspecified atom stereocenters. The van der Waals surface area contributed by atoms with Gasteiger partial charge in [0.15, 0.2) is 0 Å². The fraction of sp³-hybridized carbons (Fsp3) is 1.00. The van der Waals surface area contributed by atoms with E-state index in [1.165, 1.54) is 0 Å². The van der Waals surface area contributed by atoms with Gasteiger partial charge in [0.1, 0.15) is 0 Å². The van der Waals surface area contributed by atoms with Crippen molar-refractivity contribution in [2.45, 2.75) is 47.7 Å². The van der Waals surface area contributed by atoms with Crippen molar-refractivity contribution < 1.29 is 65.5 Å². The maximum atomic E-state index is 13.6. The van der Waals surface area contributed by atoms with E-state index in [9.17, 15) is 75.9 Å². The molecular formula is C11H12F13N3O4S-2. The summed E-state index contributed by atoms with van der Waals surface area (Å²) in [4.78, 5) is 0. The van der Waals surface area contributed by atoms with Crippen LogP contribution in [0.3, 0.4) is 0 Å². The molecule has 0 fully saturated rings. The van der Waals surface area contributed by atoms with E-state index in [1.807, 2.05) is 0 Å². The van der Waals surface area contributed by atoms with Crippen LogP contribution in [0.4, 0.5) is 57.1 Å². The lowest BCUT2D eigenvalue weighted by Gasteiger charge is -2.43. The highest BCUT2D eigenvalue weighted by atomic mass is 32.2. The van der Waals surface area contributed by atoms with Crippen LogP contribution in [0.2, 0.25) is 0 Å². The molecule has 0 amide bonds. The number of hydrogen-bond acceptors (Lipinski definition) is 6. The molecule has 194 valence electrons. The minimum Gasteiger partial charge on any atom is -0.784 e. The Kier molecular flexibility index (Phi) is 8.57. The van der Waals surface area contributed by atoms with Gasteiger partial charge in [0.2, 0.25) is 0 Å². The maximum absolute atomic E-state index is 13.6. The average Bonchev–Trinajstić information content (AvgIpc) is 2.55. The standard InChI is InChI=1S/C11H12F13N3O4S/c1-26(28)5(27(2)29)3-4-25-32(30,31)11(23,24)9(18,19)7(14,15)6(12,13)8(16,17)10(20,21)22/h5,25H,3-4H2,1-2H3/q-2. The summed E-state index contributed by atoms with van der Waals surface area (Å²) in [6, 6.07) is 0. The molecule has 0 saturated heterocycles. The third-order valence-corrected chi connectivity index (χ3v) is 5.29. The topological polar surface area (TPSA) is 98.8 Å². The summed E-state index contributed by atoms with van der Waals surface area (Å²) in [5, 5.41) is 14.2. The lowest BCUT2D eigenvalue weighted by atomic mass is 9.98. The minimum atomic E-state index is -8.27. The van der Waals surface area contributed by atoms with Crippen LogP contribution < -0.4 is 4.72 Å². The van der Waals surface area contributed by atoms with Crippen LogP contribution >= 0.6 is 0 Å². The molecule has 0 aromatic rings. The zero-order chi connectivity index (χ0) is 26.4. The van der Waals surface area contributed by atoms with E-state index in [0.29, 0.717) is 18.8 Å². The first kappa shape index (κ1) is 30.8. The Morgan fingerprint density at radius 2 is 1.06 bits per heavy atom. The van der Waals surface area contributed by atoms with Gasteiger partial charge < -0.3 is 20.5 Å². The summed E-state index contributed by atoms with van der Waals surface area (Å²) in [5.41, 5.74) is 0. The van der Waals surface area contributed by atoms with Crippen LogP contribution in [0.5, 0.6) is 0 Å². The van der Waals surface area contributed by atoms with Crippen LogP contribution in [-0.4, -0.2) is 80.5 Å².